The molecule has 0 fully saturated rings. The first-order chi connectivity index (χ1) is 11.6. The van der Waals surface area contributed by atoms with Crippen molar-refractivity contribution in [1.82, 2.24) is 15.5 Å². The molecule has 0 bridgehead atoms. The van der Waals surface area contributed by atoms with Crippen molar-refractivity contribution < 1.29 is 13.6 Å². The fraction of sp³-hybridized carbons (Fsp3) is 0.118. The summed E-state index contributed by atoms with van der Waals surface area (Å²) in [4.78, 5) is 12.0. The minimum atomic E-state index is -0.482. The van der Waals surface area contributed by atoms with E-state index in [0.29, 0.717) is 17.3 Å². The standard InChI is InChI=1S/C17H13ClFN3O2/c18-13-3-1-2-12(8-13)9-15-21-22-17(24-15)16(23)20-10-11-4-6-14(19)7-5-11/h1-8H,9-10H2,(H,20,23). The normalized spacial score (nSPS) is 10.6. The summed E-state index contributed by atoms with van der Waals surface area (Å²) in [7, 11) is 0. The van der Waals surface area contributed by atoms with Gasteiger partial charge >= 0.3 is 11.8 Å². The fourth-order valence-corrected chi connectivity index (χ4v) is 2.31. The average Bonchev–Trinajstić information content (AvgIpc) is 3.03. The Morgan fingerprint density at radius 1 is 1.12 bits per heavy atom. The highest BCUT2D eigenvalue weighted by molar-refractivity contribution is 6.30. The second-order valence-corrected chi connectivity index (χ2v) is 5.55. The third-order valence-electron chi connectivity index (χ3n) is 3.27. The largest absolute Gasteiger partial charge is 0.417 e. The van der Waals surface area contributed by atoms with Gasteiger partial charge in [-0.3, -0.25) is 4.79 Å². The van der Waals surface area contributed by atoms with Gasteiger partial charge in [0.15, 0.2) is 0 Å². The molecular formula is C17H13ClFN3O2. The minimum Gasteiger partial charge on any atom is -0.417 e. The van der Waals surface area contributed by atoms with Crippen LogP contribution in [0, 0.1) is 5.82 Å². The Morgan fingerprint density at radius 2 is 1.92 bits per heavy atom. The van der Waals surface area contributed by atoms with E-state index < -0.39 is 5.91 Å². The molecule has 0 radical (unpaired) electrons. The van der Waals surface area contributed by atoms with Crippen molar-refractivity contribution in [2.24, 2.45) is 0 Å². The molecule has 2 aromatic carbocycles. The first kappa shape index (κ1) is 16.1. The van der Waals surface area contributed by atoms with Crippen molar-refractivity contribution in [3.8, 4) is 0 Å². The SMILES string of the molecule is O=C(NCc1ccc(F)cc1)c1nnc(Cc2cccc(Cl)c2)o1. The van der Waals surface area contributed by atoms with Gasteiger partial charge in [-0.05, 0) is 35.4 Å². The monoisotopic (exact) mass is 345 g/mol. The molecule has 1 aromatic heterocycles. The van der Waals surface area contributed by atoms with Crippen molar-refractivity contribution >= 4 is 17.5 Å². The molecule has 1 N–H and O–H groups in total. The molecule has 5 nitrogen and oxygen atoms in total. The van der Waals surface area contributed by atoms with Gasteiger partial charge in [0.05, 0.1) is 6.42 Å². The zero-order chi connectivity index (χ0) is 16.9. The van der Waals surface area contributed by atoms with E-state index >= 15 is 0 Å². The summed E-state index contributed by atoms with van der Waals surface area (Å²) < 4.78 is 18.2. The molecule has 0 aliphatic carbocycles. The van der Waals surface area contributed by atoms with E-state index in [0.717, 1.165) is 11.1 Å². The van der Waals surface area contributed by atoms with E-state index in [-0.39, 0.29) is 18.3 Å². The summed E-state index contributed by atoms with van der Waals surface area (Å²) in [6.07, 6.45) is 0.388. The lowest BCUT2D eigenvalue weighted by Gasteiger charge is -2.02. The van der Waals surface area contributed by atoms with Gasteiger partial charge in [-0.15, -0.1) is 10.2 Å². The molecule has 0 aliphatic heterocycles. The minimum absolute atomic E-state index is 0.117. The lowest BCUT2D eigenvalue weighted by Crippen LogP contribution is -2.23. The molecule has 24 heavy (non-hydrogen) atoms. The highest BCUT2D eigenvalue weighted by Crippen LogP contribution is 2.14. The number of nitrogens with one attached hydrogen (secondary N) is 1. The lowest BCUT2D eigenvalue weighted by atomic mass is 10.1. The zero-order valence-electron chi connectivity index (χ0n) is 12.5. The van der Waals surface area contributed by atoms with E-state index in [4.69, 9.17) is 16.0 Å². The van der Waals surface area contributed by atoms with Crippen LogP contribution in [0.4, 0.5) is 4.39 Å². The molecule has 3 aromatic rings. The molecule has 1 amide bonds. The molecule has 0 spiro atoms. The van der Waals surface area contributed by atoms with Gasteiger partial charge in [0.1, 0.15) is 5.82 Å². The molecule has 0 saturated carbocycles. The Balaban J connectivity index is 1.60. The van der Waals surface area contributed by atoms with Gasteiger partial charge in [-0.1, -0.05) is 35.9 Å². The maximum atomic E-state index is 12.8. The Hall–Kier alpha value is -2.73. The second-order valence-electron chi connectivity index (χ2n) is 5.12. The highest BCUT2D eigenvalue weighted by Gasteiger charge is 2.15. The van der Waals surface area contributed by atoms with Gasteiger partial charge in [0, 0.05) is 11.6 Å². The summed E-state index contributed by atoms with van der Waals surface area (Å²) in [5, 5.41) is 10.9. The smallest absolute Gasteiger partial charge is 0.309 e. The number of amides is 1. The molecular weight excluding hydrogens is 333 g/mol. The van der Waals surface area contributed by atoms with Gasteiger partial charge in [-0.25, -0.2) is 4.39 Å². The van der Waals surface area contributed by atoms with Gasteiger partial charge in [0.25, 0.3) is 0 Å². The van der Waals surface area contributed by atoms with Crippen LogP contribution in [-0.2, 0) is 13.0 Å². The number of aromatic nitrogens is 2. The Labute approximate surface area is 142 Å². The number of benzene rings is 2. The fourth-order valence-electron chi connectivity index (χ4n) is 2.10. The molecule has 3 rings (SSSR count). The summed E-state index contributed by atoms with van der Waals surface area (Å²) in [6.45, 7) is 0.241. The van der Waals surface area contributed by atoms with Crippen LogP contribution >= 0.6 is 11.6 Å². The van der Waals surface area contributed by atoms with Crippen molar-refractivity contribution in [2.75, 3.05) is 0 Å². The van der Waals surface area contributed by atoms with E-state index in [1.54, 1.807) is 24.3 Å². The Bertz CT molecular complexity index is 849. The molecule has 7 heteroatoms. The van der Waals surface area contributed by atoms with E-state index in [1.165, 1.54) is 12.1 Å². The summed E-state index contributed by atoms with van der Waals surface area (Å²) in [5.41, 5.74) is 1.67. The molecule has 1 heterocycles. The maximum Gasteiger partial charge on any atom is 0.309 e. The summed E-state index contributed by atoms with van der Waals surface area (Å²) in [5.74, 6) is -0.602. The van der Waals surface area contributed by atoms with Crippen molar-refractivity contribution in [1.29, 1.82) is 0 Å². The molecule has 0 atom stereocenters. The van der Waals surface area contributed by atoms with Crippen LogP contribution in [0.25, 0.3) is 0 Å². The average molecular weight is 346 g/mol. The molecule has 0 aliphatic rings. The van der Waals surface area contributed by atoms with E-state index in [2.05, 4.69) is 15.5 Å². The Morgan fingerprint density at radius 3 is 2.67 bits per heavy atom. The van der Waals surface area contributed by atoms with Gasteiger partial charge < -0.3 is 9.73 Å². The van der Waals surface area contributed by atoms with Crippen LogP contribution in [-0.4, -0.2) is 16.1 Å². The zero-order valence-corrected chi connectivity index (χ0v) is 13.3. The van der Waals surface area contributed by atoms with Gasteiger partial charge in [0.2, 0.25) is 5.89 Å². The number of hydrogen-bond donors (Lipinski definition) is 1. The number of carbonyl (C=O) groups excluding carboxylic acids is 1. The third-order valence-corrected chi connectivity index (χ3v) is 3.51. The van der Waals surface area contributed by atoms with Gasteiger partial charge in [-0.2, -0.15) is 0 Å². The predicted octanol–water partition coefficient (Wildman–Crippen LogP) is 3.38. The van der Waals surface area contributed by atoms with Crippen molar-refractivity contribution in [3.05, 3.63) is 82.3 Å². The van der Waals surface area contributed by atoms with Crippen LogP contribution in [0.15, 0.2) is 52.9 Å². The van der Waals surface area contributed by atoms with Crippen molar-refractivity contribution in [3.63, 3.8) is 0 Å². The second kappa shape index (κ2) is 7.23. The first-order valence-electron chi connectivity index (χ1n) is 7.19. The molecule has 0 saturated heterocycles. The summed E-state index contributed by atoms with van der Waals surface area (Å²) >= 11 is 5.92. The number of halogens is 2. The lowest BCUT2D eigenvalue weighted by molar-refractivity contribution is 0.0914. The van der Waals surface area contributed by atoms with E-state index in [1.807, 2.05) is 12.1 Å². The molecule has 0 unspecified atom stereocenters. The van der Waals surface area contributed by atoms with Crippen LogP contribution in [0.2, 0.25) is 5.02 Å². The van der Waals surface area contributed by atoms with Crippen molar-refractivity contribution in [2.45, 2.75) is 13.0 Å². The number of nitrogens with zero attached hydrogens (tertiary/aromatic N) is 2. The van der Waals surface area contributed by atoms with Crippen LogP contribution in [0.5, 0.6) is 0 Å². The first-order valence-corrected chi connectivity index (χ1v) is 7.57. The molecule has 122 valence electrons. The number of carbonyl (C=O) groups is 1. The van der Waals surface area contributed by atoms with Crippen LogP contribution in [0.3, 0.4) is 0 Å². The van der Waals surface area contributed by atoms with Crippen LogP contribution < -0.4 is 5.32 Å². The van der Waals surface area contributed by atoms with E-state index in [9.17, 15) is 9.18 Å². The van der Waals surface area contributed by atoms with Crippen LogP contribution in [0.1, 0.15) is 27.7 Å². The highest BCUT2D eigenvalue weighted by atomic mass is 35.5. The third kappa shape index (κ3) is 4.17. The summed E-state index contributed by atoms with van der Waals surface area (Å²) in [6, 6.07) is 13.1. The maximum absolute atomic E-state index is 12.8. The number of hydrogen-bond acceptors (Lipinski definition) is 4. The predicted molar refractivity (Wildman–Crippen MR) is 86.1 cm³/mol. The topological polar surface area (TPSA) is 68.0 Å². The quantitative estimate of drug-likeness (QED) is 0.769. The number of rotatable bonds is 5. The Kier molecular flexibility index (Phi) is 4.86.